The number of rotatable bonds is 5. The van der Waals surface area contributed by atoms with E-state index in [4.69, 9.17) is 4.74 Å². The van der Waals surface area contributed by atoms with Gasteiger partial charge in [-0.2, -0.15) is 0 Å². The first kappa shape index (κ1) is 17.2. The number of nitrogens with one attached hydrogen (secondary N) is 1. The first-order valence-electron chi connectivity index (χ1n) is 8.46. The summed E-state index contributed by atoms with van der Waals surface area (Å²) < 4.78 is 5.36. The number of nitrogens with zero attached hydrogens (tertiary/aromatic N) is 1. The quantitative estimate of drug-likeness (QED) is 0.404. The molecule has 0 bridgehead atoms. The predicted molar refractivity (Wildman–Crippen MR) is 105 cm³/mol. The SMILES string of the molecule is C[C@@H](OC(=O)c1csc(-c2ccccc2)n1)C(=O)c1c[nH]c2ccccc12. The maximum Gasteiger partial charge on any atom is 0.358 e. The number of fused-ring (bicyclic) bond motifs is 1. The number of carbonyl (C=O) groups is 2. The van der Waals surface area contributed by atoms with E-state index >= 15 is 0 Å². The molecule has 4 aromatic rings. The molecule has 0 aliphatic rings. The van der Waals surface area contributed by atoms with Gasteiger partial charge in [-0.15, -0.1) is 11.3 Å². The number of hydrogen-bond acceptors (Lipinski definition) is 5. The molecule has 0 radical (unpaired) electrons. The van der Waals surface area contributed by atoms with Crippen LogP contribution < -0.4 is 0 Å². The van der Waals surface area contributed by atoms with Crippen molar-refractivity contribution >= 4 is 34.0 Å². The lowest BCUT2D eigenvalue weighted by Crippen LogP contribution is -2.24. The highest BCUT2D eigenvalue weighted by molar-refractivity contribution is 7.13. The van der Waals surface area contributed by atoms with E-state index < -0.39 is 12.1 Å². The van der Waals surface area contributed by atoms with E-state index in [1.807, 2.05) is 54.6 Å². The van der Waals surface area contributed by atoms with Crippen molar-refractivity contribution in [3.05, 3.63) is 77.4 Å². The molecule has 0 spiro atoms. The summed E-state index contributed by atoms with van der Waals surface area (Å²) in [4.78, 5) is 32.5. The van der Waals surface area contributed by atoms with Crippen molar-refractivity contribution in [1.29, 1.82) is 0 Å². The van der Waals surface area contributed by atoms with Crippen LogP contribution in [0.1, 0.15) is 27.8 Å². The van der Waals surface area contributed by atoms with Crippen LogP contribution in [0, 0.1) is 0 Å². The Bertz CT molecular complexity index is 1110. The Morgan fingerprint density at radius 2 is 1.81 bits per heavy atom. The smallest absolute Gasteiger partial charge is 0.358 e. The molecule has 6 heteroatoms. The second-order valence-corrected chi connectivity index (χ2v) is 6.92. The summed E-state index contributed by atoms with van der Waals surface area (Å²) in [5.41, 5.74) is 2.52. The number of hydrogen-bond donors (Lipinski definition) is 1. The fraction of sp³-hybridized carbons (Fsp3) is 0.0952. The Hall–Kier alpha value is -3.25. The molecule has 5 nitrogen and oxygen atoms in total. The molecule has 4 rings (SSSR count). The van der Waals surface area contributed by atoms with Crippen molar-refractivity contribution in [2.24, 2.45) is 0 Å². The topological polar surface area (TPSA) is 72.0 Å². The third-order valence-electron chi connectivity index (χ3n) is 4.24. The van der Waals surface area contributed by atoms with Crippen LogP contribution in [0.15, 0.2) is 66.2 Å². The Morgan fingerprint density at radius 1 is 1.07 bits per heavy atom. The van der Waals surface area contributed by atoms with Gasteiger partial charge in [-0.3, -0.25) is 4.79 Å². The normalized spacial score (nSPS) is 12.0. The van der Waals surface area contributed by atoms with Crippen LogP contribution in [0.4, 0.5) is 0 Å². The van der Waals surface area contributed by atoms with Crippen molar-refractivity contribution in [3.8, 4) is 10.6 Å². The van der Waals surface area contributed by atoms with Gasteiger partial charge in [-0.1, -0.05) is 48.5 Å². The lowest BCUT2D eigenvalue weighted by Gasteiger charge is -2.10. The van der Waals surface area contributed by atoms with Crippen LogP contribution in [0.3, 0.4) is 0 Å². The number of benzene rings is 2. The van der Waals surface area contributed by atoms with Crippen LogP contribution in [-0.4, -0.2) is 27.8 Å². The van der Waals surface area contributed by atoms with Crippen molar-refractivity contribution in [1.82, 2.24) is 9.97 Å². The average Bonchev–Trinajstić information content (AvgIpc) is 3.35. The molecule has 0 aliphatic carbocycles. The van der Waals surface area contributed by atoms with Gasteiger partial charge in [-0.25, -0.2) is 9.78 Å². The van der Waals surface area contributed by atoms with Crippen molar-refractivity contribution in [2.45, 2.75) is 13.0 Å². The maximum absolute atomic E-state index is 12.7. The van der Waals surface area contributed by atoms with Crippen LogP contribution in [-0.2, 0) is 4.74 Å². The van der Waals surface area contributed by atoms with Gasteiger partial charge in [0.05, 0.1) is 0 Å². The van der Waals surface area contributed by atoms with E-state index in [1.165, 1.54) is 11.3 Å². The second kappa shape index (κ2) is 7.17. The first-order valence-corrected chi connectivity index (χ1v) is 9.33. The number of thiazole rings is 1. The van der Waals surface area contributed by atoms with E-state index in [0.717, 1.165) is 21.5 Å². The van der Waals surface area contributed by atoms with Crippen LogP contribution in [0.25, 0.3) is 21.5 Å². The molecule has 27 heavy (non-hydrogen) atoms. The largest absolute Gasteiger partial charge is 0.450 e. The minimum atomic E-state index is -0.904. The molecule has 0 saturated heterocycles. The monoisotopic (exact) mass is 376 g/mol. The van der Waals surface area contributed by atoms with E-state index in [0.29, 0.717) is 5.56 Å². The number of carbonyl (C=O) groups excluding carboxylic acids is 2. The molecule has 0 saturated carbocycles. The first-order chi connectivity index (χ1) is 13.1. The highest BCUT2D eigenvalue weighted by Gasteiger charge is 2.24. The summed E-state index contributed by atoms with van der Waals surface area (Å²) in [6.07, 6.45) is 0.742. The van der Waals surface area contributed by atoms with Crippen LogP contribution >= 0.6 is 11.3 Å². The molecule has 2 aromatic heterocycles. The molecular formula is C21H16N2O3S. The summed E-state index contributed by atoms with van der Waals surface area (Å²) in [6.45, 7) is 1.58. The van der Waals surface area contributed by atoms with Gasteiger partial charge in [0.1, 0.15) is 5.01 Å². The Kier molecular flexibility index (Phi) is 4.56. The van der Waals surface area contributed by atoms with Gasteiger partial charge in [0.25, 0.3) is 0 Å². The predicted octanol–water partition coefficient (Wildman–Crippen LogP) is 4.72. The standard InChI is InChI=1S/C21H16N2O3S/c1-13(19(24)16-11-22-17-10-6-5-9-15(16)17)26-21(25)18-12-27-20(23-18)14-7-3-2-4-8-14/h2-13,22H,1H3/t13-/m1/s1. The van der Waals surface area contributed by atoms with E-state index in [1.54, 1.807) is 18.5 Å². The third-order valence-corrected chi connectivity index (χ3v) is 5.13. The van der Waals surface area contributed by atoms with Crippen LogP contribution in [0.5, 0.6) is 0 Å². The van der Waals surface area contributed by atoms with Gasteiger partial charge >= 0.3 is 5.97 Å². The van der Waals surface area contributed by atoms with E-state index in [9.17, 15) is 9.59 Å². The molecule has 0 amide bonds. The number of esters is 1. The van der Waals surface area contributed by atoms with Gasteiger partial charge in [0.2, 0.25) is 5.78 Å². The number of aromatic amines is 1. The number of ether oxygens (including phenoxy) is 1. The fourth-order valence-electron chi connectivity index (χ4n) is 2.85. The number of H-pyrrole nitrogens is 1. The zero-order valence-electron chi connectivity index (χ0n) is 14.5. The number of para-hydroxylation sites is 1. The van der Waals surface area contributed by atoms with Crippen molar-refractivity contribution in [3.63, 3.8) is 0 Å². The van der Waals surface area contributed by atoms with Gasteiger partial charge < -0.3 is 9.72 Å². The average molecular weight is 376 g/mol. The van der Waals surface area contributed by atoms with E-state index in [2.05, 4.69) is 9.97 Å². The Labute approximate surface area is 159 Å². The highest BCUT2D eigenvalue weighted by Crippen LogP contribution is 2.24. The second-order valence-electron chi connectivity index (χ2n) is 6.06. The van der Waals surface area contributed by atoms with E-state index in [-0.39, 0.29) is 11.5 Å². The third kappa shape index (κ3) is 3.39. The summed E-state index contributed by atoms with van der Waals surface area (Å²) in [7, 11) is 0. The zero-order chi connectivity index (χ0) is 18.8. The molecule has 2 aromatic carbocycles. The number of ketones is 1. The number of Topliss-reactive ketones (excluding diaryl/α,β-unsaturated/α-hetero) is 1. The molecule has 134 valence electrons. The number of aromatic nitrogens is 2. The summed E-state index contributed by atoms with van der Waals surface area (Å²) >= 11 is 1.36. The molecule has 0 aliphatic heterocycles. The lowest BCUT2D eigenvalue weighted by molar-refractivity contribution is 0.0314. The minimum Gasteiger partial charge on any atom is -0.450 e. The summed E-state index contributed by atoms with van der Waals surface area (Å²) in [5.74, 6) is -0.853. The maximum atomic E-state index is 12.7. The van der Waals surface area contributed by atoms with Gasteiger partial charge in [-0.05, 0) is 13.0 Å². The molecule has 1 atom stereocenters. The molecule has 0 fully saturated rings. The Morgan fingerprint density at radius 3 is 2.63 bits per heavy atom. The summed E-state index contributed by atoms with van der Waals surface area (Å²) in [6, 6.07) is 17.1. The van der Waals surface area contributed by atoms with Crippen LogP contribution in [0.2, 0.25) is 0 Å². The molecule has 1 N–H and O–H groups in total. The van der Waals surface area contributed by atoms with Crippen molar-refractivity contribution < 1.29 is 14.3 Å². The minimum absolute atomic E-state index is 0.206. The lowest BCUT2D eigenvalue weighted by atomic mass is 10.1. The fourth-order valence-corrected chi connectivity index (χ4v) is 3.65. The highest BCUT2D eigenvalue weighted by atomic mass is 32.1. The molecule has 2 heterocycles. The van der Waals surface area contributed by atoms with Gasteiger partial charge in [0.15, 0.2) is 11.8 Å². The molecule has 0 unspecified atom stereocenters. The zero-order valence-corrected chi connectivity index (χ0v) is 15.3. The Balaban J connectivity index is 1.49. The van der Waals surface area contributed by atoms with Crippen molar-refractivity contribution in [2.75, 3.05) is 0 Å². The molecular weight excluding hydrogens is 360 g/mol. The summed E-state index contributed by atoms with van der Waals surface area (Å²) in [5, 5.41) is 3.19. The van der Waals surface area contributed by atoms with Gasteiger partial charge in [0, 0.05) is 33.6 Å².